The molecule has 0 heterocycles. The van der Waals surface area contributed by atoms with Gasteiger partial charge in [-0.25, -0.2) is 13.1 Å². The van der Waals surface area contributed by atoms with E-state index in [1.807, 2.05) is 37.4 Å². The Hall–Kier alpha value is -1.11. The van der Waals surface area contributed by atoms with Gasteiger partial charge in [-0.2, -0.15) is 0 Å². The summed E-state index contributed by atoms with van der Waals surface area (Å²) in [6.07, 6.45) is 0.752. The maximum absolute atomic E-state index is 11.7. The van der Waals surface area contributed by atoms with Crippen LogP contribution in [0, 0.1) is 0 Å². The van der Waals surface area contributed by atoms with E-state index in [9.17, 15) is 8.42 Å². The quantitative estimate of drug-likeness (QED) is 0.692. The number of benzene rings is 1. The van der Waals surface area contributed by atoms with Crippen LogP contribution in [-0.4, -0.2) is 40.3 Å². The molecule has 1 atom stereocenters. The standard InChI is InChI=1S/C13H23N3O2S/c1-12(11-14)19(17,18)15-9-6-10-16(2)13-7-4-3-5-8-13/h3-5,7-8,12,15H,6,9-11,14H2,1-2H3. The first-order valence-electron chi connectivity index (χ1n) is 6.42. The van der Waals surface area contributed by atoms with E-state index in [1.165, 1.54) is 0 Å². The summed E-state index contributed by atoms with van der Waals surface area (Å²) in [7, 11) is -1.27. The summed E-state index contributed by atoms with van der Waals surface area (Å²) in [6, 6.07) is 10.00. The molecule has 1 rings (SSSR count). The number of sulfonamides is 1. The second-order valence-corrected chi connectivity index (χ2v) is 6.78. The lowest BCUT2D eigenvalue weighted by Crippen LogP contribution is -2.38. The minimum atomic E-state index is -3.27. The van der Waals surface area contributed by atoms with Crippen LogP contribution in [0.4, 0.5) is 5.69 Å². The molecule has 108 valence electrons. The Bertz CT molecular complexity index is 462. The number of nitrogens with zero attached hydrogens (tertiary/aromatic N) is 1. The molecule has 0 radical (unpaired) electrons. The Morgan fingerprint density at radius 1 is 1.32 bits per heavy atom. The van der Waals surface area contributed by atoms with Gasteiger partial charge in [0.2, 0.25) is 10.0 Å². The zero-order chi connectivity index (χ0) is 14.3. The molecular weight excluding hydrogens is 262 g/mol. The van der Waals surface area contributed by atoms with Gasteiger partial charge in [0, 0.05) is 32.4 Å². The van der Waals surface area contributed by atoms with Gasteiger partial charge in [0.1, 0.15) is 0 Å². The molecule has 0 aliphatic rings. The number of nitrogens with one attached hydrogen (secondary N) is 1. The highest BCUT2D eigenvalue weighted by molar-refractivity contribution is 7.90. The highest BCUT2D eigenvalue weighted by Crippen LogP contribution is 2.10. The Balaban J connectivity index is 2.32. The third kappa shape index (κ3) is 5.18. The van der Waals surface area contributed by atoms with Crippen molar-refractivity contribution in [2.75, 3.05) is 31.6 Å². The second-order valence-electron chi connectivity index (χ2n) is 4.60. The van der Waals surface area contributed by atoms with E-state index in [-0.39, 0.29) is 6.54 Å². The second kappa shape index (κ2) is 7.47. The molecule has 6 heteroatoms. The van der Waals surface area contributed by atoms with Gasteiger partial charge in [-0.05, 0) is 25.5 Å². The third-order valence-corrected chi connectivity index (χ3v) is 4.89. The molecule has 0 spiro atoms. The summed E-state index contributed by atoms with van der Waals surface area (Å²) in [5.74, 6) is 0. The van der Waals surface area contributed by atoms with Crippen LogP contribution >= 0.6 is 0 Å². The van der Waals surface area contributed by atoms with Crippen molar-refractivity contribution in [3.05, 3.63) is 30.3 Å². The first kappa shape index (κ1) is 15.9. The third-order valence-electron chi connectivity index (χ3n) is 3.03. The van der Waals surface area contributed by atoms with Crippen LogP contribution < -0.4 is 15.4 Å². The van der Waals surface area contributed by atoms with Crippen LogP contribution in [0.2, 0.25) is 0 Å². The minimum Gasteiger partial charge on any atom is -0.375 e. The van der Waals surface area contributed by atoms with Crippen LogP contribution in [0.15, 0.2) is 30.3 Å². The average molecular weight is 285 g/mol. The zero-order valence-electron chi connectivity index (χ0n) is 11.5. The van der Waals surface area contributed by atoms with E-state index in [1.54, 1.807) is 6.92 Å². The molecule has 0 amide bonds. The molecule has 1 aromatic rings. The van der Waals surface area contributed by atoms with Crippen molar-refractivity contribution in [2.45, 2.75) is 18.6 Å². The number of para-hydroxylation sites is 1. The molecule has 0 aromatic heterocycles. The van der Waals surface area contributed by atoms with E-state index in [0.717, 1.165) is 18.7 Å². The summed E-state index contributed by atoms with van der Waals surface area (Å²) in [5.41, 5.74) is 6.48. The van der Waals surface area contributed by atoms with E-state index in [2.05, 4.69) is 9.62 Å². The molecule has 3 N–H and O–H groups in total. The zero-order valence-corrected chi connectivity index (χ0v) is 12.4. The van der Waals surface area contributed by atoms with Gasteiger partial charge < -0.3 is 10.6 Å². The summed E-state index contributed by atoms with van der Waals surface area (Å²) in [6.45, 7) is 2.98. The van der Waals surface area contributed by atoms with Crippen molar-refractivity contribution in [3.8, 4) is 0 Å². The van der Waals surface area contributed by atoms with Crippen LogP contribution in [0.25, 0.3) is 0 Å². The molecular formula is C13H23N3O2S. The highest BCUT2D eigenvalue weighted by Gasteiger charge is 2.17. The van der Waals surface area contributed by atoms with Crippen molar-refractivity contribution >= 4 is 15.7 Å². The maximum atomic E-state index is 11.7. The van der Waals surface area contributed by atoms with Crippen LogP contribution in [0.1, 0.15) is 13.3 Å². The van der Waals surface area contributed by atoms with Gasteiger partial charge in [-0.15, -0.1) is 0 Å². The van der Waals surface area contributed by atoms with Gasteiger partial charge in [0.05, 0.1) is 5.25 Å². The molecule has 19 heavy (non-hydrogen) atoms. The summed E-state index contributed by atoms with van der Waals surface area (Å²) in [4.78, 5) is 2.10. The van der Waals surface area contributed by atoms with E-state index < -0.39 is 15.3 Å². The highest BCUT2D eigenvalue weighted by atomic mass is 32.2. The Morgan fingerprint density at radius 3 is 2.53 bits per heavy atom. The van der Waals surface area contributed by atoms with Crippen LogP contribution in [0.5, 0.6) is 0 Å². The number of hydrogen-bond acceptors (Lipinski definition) is 4. The van der Waals surface area contributed by atoms with Crippen molar-refractivity contribution < 1.29 is 8.42 Å². The Morgan fingerprint density at radius 2 is 1.95 bits per heavy atom. The molecule has 0 aliphatic heterocycles. The molecule has 0 saturated heterocycles. The Kier molecular flexibility index (Phi) is 6.27. The predicted molar refractivity (Wildman–Crippen MR) is 79.8 cm³/mol. The molecule has 0 aliphatic carbocycles. The fourth-order valence-corrected chi connectivity index (χ4v) is 2.58. The first-order chi connectivity index (χ1) is 8.97. The van der Waals surface area contributed by atoms with Crippen LogP contribution in [-0.2, 0) is 10.0 Å². The smallest absolute Gasteiger partial charge is 0.215 e. The minimum absolute atomic E-state index is 0.138. The van der Waals surface area contributed by atoms with Gasteiger partial charge in [0.15, 0.2) is 0 Å². The van der Waals surface area contributed by atoms with Gasteiger partial charge >= 0.3 is 0 Å². The molecule has 1 aromatic carbocycles. The number of anilines is 1. The van der Waals surface area contributed by atoms with Crippen molar-refractivity contribution in [3.63, 3.8) is 0 Å². The molecule has 5 nitrogen and oxygen atoms in total. The first-order valence-corrected chi connectivity index (χ1v) is 7.96. The lowest BCUT2D eigenvalue weighted by atomic mass is 10.3. The largest absolute Gasteiger partial charge is 0.375 e. The number of rotatable bonds is 8. The van der Waals surface area contributed by atoms with E-state index in [4.69, 9.17) is 5.73 Å². The van der Waals surface area contributed by atoms with Crippen molar-refractivity contribution in [1.82, 2.24) is 4.72 Å². The fourth-order valence-electron chi connectivity index (χ4n) is 1.61. The summed E-state index contributed by atoms with van der Waals surface area (Å²) < 4.78 is 25.9. The van der Waals surface area contributed by atoms with E-state index in [0.29, 0.717) is 6.54 Å². The van der Waals surface area contributed by atoms with Crippen molar-refractivity contribution in [1.29, 1.82) is 0 Å². The van der Waals surface area contributed by atoms with Gasteiger partial charge in [-0.3, -0.25) is 0 Å². The summed E-state index contributed by atoms with van der Waals surface area (Å²) >= 11 is 0. The van der Waals surface area contributed by atoms with Crippen molar-refractivity contribution in [2.24, 2.45) is 5.73 Å². The predicted octanol–water partition coefficient (Wildman–Crippen LogP) is 0.780. The summed E-state index contributed by atoms with van der Waals surface area (Å²) in [5, 5.41) is -0.542. The molecule has 1 unspecified atom stereocenters. The molecule has 0 saturated carbocycles. The number of nitrogens with two attached hydrogens (primary N) is 1. The topological polar surface area (TPSA) is 75.4 Å². The fraction of sp³-hybridized carbons (Fsp3) is 0.538. The van der Waals surface area contributed by atoms with Gasteiger partial charge in [-0.1, -0.05) is 18.2 Å². The van der Waals surface area contributed by atoms with E-state index >= 15 is 0 Å². The maximum Gasteiger partial charge on any atom is 0.215 e. The molecule has 0 bridgehead atoms. The monoisotopic (exact) mass is 285 g/mol. The Labute approximate surface area is 115 Å². The number of hydrogen-bond donors (Lipinski definition) is 2. The average Bonchev–Trinajstić information content (AvgIpc) is 2.43. The van der Waals surface area contributed by atoms with Gasteiger partial charge in [0.25, 0.3) is 0 Å². The normalized spacial score (nSPS) is 13.2. The SMILES string of the molecule is CC(CN)S(=O)(=O)NCCCN(C)c1ccccc1. The van der Waals surface area contributed by atoms with Crippen LogP contribution in [0.3, 0.4) is 0 Å². The molecule has 0 fully saturated rings. The lowest BCUT2D eigenvalue weighted by Gasteiger charge is -2.19. The lowest BCUT2D eigenvalue weighted by molar-refractivity contribution is 0.566.